The first kappa shape index (κ1) is 13.1. The Morgan fingerprint density at radius 1 is 1.42 bits per heavy atom. The molecule has 0 aliphatic heterocycles. The smallest absolute Gasteiger partial charge is 0.360 e. The summed E-state index contributed by atoms with van der Waals surface area (Å²) in [6, 6.07) is 8.06. The molecule has 2 rings (SSSR count). The molecule has 1 aromatic heterocycles. The van der Waals surface area contributed by atoms with E-state index in [0.29, 0.717) is 5.82 Å². The second kappa shape index (κ2) is 5.14. The van der Waals surface area contributed by atoms with E-state index in [0.717, 1.165) is 5.56 Å². The van der Waals surface area contributed by atoms with Crippen molar-refractivity contribution in [2.45, 2.75) is 19.9 Å². The van der Waals surface area contributed by atoms with E-state index in [1.54, 1.807) is 10.9 Å². The van der Waals surface area contributed by atoms with E-state index in [9.17, 15) is 4.79 Å². The molecule has 5 heteroatoms. The normalized spacial score (nSPS) is 12.2. The quantitative estimate of drug-likeness (QED) is 0.857. The Labute approximate surface area is 112 Å². The van der Waals surface area contributed by atoms with Gasteiger partial charge in [0, 0.05) is 0 Å². The molecule has 0 amide bonds. The number of benzene rings is 1. The van der Waals surface area contributed by atoms with Crippen LogP contribution in [0.15, 0.2) is 30.6 Å². The monoisotopic (exact) mass is 259 g/mol. The number of imidazole rings is 1. The second-order valence-electron chi connectivity index (χ2n) is 4.41. The van der Waals surface area contributed by atoms with Gasteiger partial charge in [-0.3, -0.25) is 0 Å². The maximum atomic E-state index is 11.5. The van der Waals surface area contributed by atoms with Gasteiger partial charge in [0.25, 0.3) is 0 Å². The molecule has 1 unspecified atom stereocenters. The highest BCUT2D eigenvalue weighted by Gasteiger charge is 2.20. The molecule has 1 heterocycles. The fourth-order valence-corrected chi connectivity index (χ4v) is 2.14. The zero-order valence-electron chi connectivity index (χ0n) is 11.3. The first-order valence-electron chi connectivity index (χ1n) is 6.02. The molecule has 19 heavy (non-hydrogen) atoms. The molecule has 1 atom stereocenters. The van der Waals surface area contributed by atoms with Crippen molar-refractivity contribution in [3.63, 3.8) is 0 Å². The highest BCUT2D eigenvalue weighted by molar-refractivity contribution is 5.92. The molecule has 0 radical (unpaired) electrons. The van der Waals surface area contributed by atoms with Crippen molar-refractivity contribution in [2.75, 3.05) is 12.8 Å². The largest absolute Gasteiger partial charge is 0.464 e. The SMILES string of the molecule is COC(=O)c1ncn(C(C)c2ccccc2C)c1N. The first-order chi connectivity index (χ1) is 9.06. The van der Waals surface area contributed by atoms with Gasteiger partial charge in [0.05, 0.1) is 19.5 Å². The molecule has 5 nitrogen and oxygen atoms in total. The van der Waals surface area contributed by atoms with Crippen molar-refractivity contribution < 1.29 is 9.53 Å². The summed E-state index contributed by atoms with van der Waals surface area (Å²) in [6.45, 7) is 4.06. The maximum absolute atomic E-state index is 11.5. The number of carbonyl (C=O) groups excluding carboxylic acids is 1. The Hall–Kier alpha value is -2.30. The number of hydrogen-bond donors (Lipinski definition) is 1. The molecule has 0 bridgehead atoms. The zero-order chi connectivity index (χ0) is 14.0. The van der Waals surface area contributed by atoms with Gasteiger partial charge in [-0.15, -0.1) is 0 Å². The lowest BCUT2D eigenvalue weighted by Gasteiger charge is -2.17. The van der Waals surface area contributed by atoms with Crippen molar-refractivity contribution >= 4 is 11.8 Å². The summed E-state index contributed by atoms with van der Waals surface area (Å²) in [5.74, 6) is -0.198. The third-order valence-electron chi connectivity index (χ3n) is 3.27. The lowest BCUT2D eigenvalue weighted by Crippen LogP contribution is -2.12. The number of aryl methyl sites for hydroxylation is 1. The number of anilines is 1. The Bertz CT molecular complexity index is 604. The number of ether oxygens (including phenoxy) is 1. The van der Waals surface area contributed by atoms with Crippen LogP contribution in [0.1, 0.15) is 34.6 Å². The highest BCUT2D eigenvalue weighted by atomic mass is 16.5. The third kappa shape index (κ3) is 2.31. The van der Waals surface area contributed by atoms with Gasteiger partial charge in [-0.05, 0) is 25.0 Å². The molecule has 0 fully saturated rings. The van der Waals surface area contributed by atoms with Gasteiger partial charge in [0.15, 0.2) is 5.69 Å². The van der Waals surface area contributed by atoms with Crippen LogP contribution < -0.4 is 5.73 Å². The summed E-state index contributed by atoms with van der Waals surface area (Å²) < 4.78 is 6.42. The fraction of sp³-hybridized carbons (Fsp3) is 0.286. The lowest BCUT2D eigenvalue weighted by atomic mass is 10.0. The number of nitrogen functional groups attached to an aromatic ring is 1. The number of aromatic nitrogens is 2. The molecule has 2 N–H and O–H groups in total. The summed E-state index contributed by atoms with van der Waals surface area (Å²) in [6.07, 6.45) is 1.57. The third-order valence-corrected chi connectivity index (χ3v) is 3.27. The molecule has 0 saturated carbocycles. The minimum Gasteiger partial charge on any atom is -0.464 e. The van der Waals surface area contributed by atoms with Gasteiger partial charge < -0.3 is 15.0 Å². The van der Waals surface area contributed by atoms with Crippen LogP contribution >= 0.6 is 0 Å². The van der Waals surface area contributed by atoms with Crippen molar-refractivity contribution in [2.24, 2.45) is 0 Å². The van der Waals surface area contributed by atoms with Crippen LogP contribution in [0.3, 0.4) is 0 Å². The van der Waals surface area contributed by atoms with Crippen LogP contribution in [0, 0.1) is 6.92 Å². The number of nitrogens with two attached hydrogens (primary N) is 1. The predicted molar refractivity (Wildman–Crippen MR) is 73.0 cm³/mol. The van der Waals surface area contributed by atoms with Crippen molar-refractivity contribution in [1.29, 1.82) is 0 Å². The predicted octanol–water partition coefficient (Wildman–Crippen LogP) is 2.17. The zero-order valence-corrected chi connectivity index (χ0v) is 11.3. The molecule has 100 valence electrons. The van der Waals surface area contributed by atoms with Gasteiger partial charge in [0.1, 0.15) is 5.82 Å². The number of methoxy groups -OCH3 is 1. The van der Waals surface area contributed by atoms with Gasteiger partial charge in [0.2, 0.25) is 0 Å². The summed E-state index contributed by atoms with van der Waals surface area (Å²) in [4.78, 5) is 15.5. The Kier molecular flexibility index (Phi) is 3.55. The van der Waals surface area contributed by atoms with E-state index < -0.39 is 5.97 Å². The van der Waals surface area contributed by atoms with Crippen LogP contribution in [0.2, 0.25) is 0 Å². The molecular weight excluding hydrogens is 242 g/mol. The van der Waals surface area contributed by atoms with Gasteiger partial charge >= 0.3 is 5.97 Å². The van der Waals surface area contributed by atoms with E-state index in [2.05, 4.69) is 9.72 Å². The fourth-order valence-electron chi connectivity index (χ4n) is 2.14. The van der Waals surface area contributed by atoms with Crippen LogP contribution in [0.4, 0.5) is 5.82 Å². The first-order valence-corrected chi connectivity index (χ1v) is 6.02. The van der Waals surface area contributed by atoms with E-state index in [1.165, 1.54) is 12.7 Å². The second-order valence-corrected chi connectivity index (χ2v) is 4.41. The topological polar surface area (TPSA) is 70.1 Å². The number of nitrogens with zero attached hydrogens (tertiary/aromatic N) is 2. The summed E-state index contributed by atoms with van der Waals surface area (Å²) in [7, 11) is 1.31. The van der Waals surface area contributed by atoms with Crippen LogP contribution in [0.5, 0.6) is 0 Å². The van der Waals surface area contributed by atoms with Crippen molar-refractivity contribution in [3.05, 3.63) is 47.4 Å². The summed E-state index contributed by atoms with van der Waals surface area (Å²) >= 11 is 0. The Morgan fingerprint density at radius 3 is 2.74 bits per heavy atom. The number of rotatable bonds is 3. The minimum absolute atomic E-state index is 0.00658. The Morgan fingerprint density at radius 2 is 2.11 bits per heavy atom. The number of carbonyl (C=O) groups is 1. The van der Waals surface area contributed by atoms with E-state index >= 15 is 0 Å². The van der Waals surface area contributed by atoms with Gasteiger partial charge in [-0.1, -0.05) is 24.3 Å². The minimum atomic E-state index is -0.520. The van der Waals surface area contributed by atoms with Crippen LogP contribution in [0.25, 0.3) is 0 Å². The number of esters is 1. The van der Waals surface area contributed by atoms with Gasteiger partial charge in [-0.25, -0.2) is 9.78 Å². The maximum Gasteiger partial charge on any atom is 0.360 e. The molecule has 2 aromatic rings. The standard InChI is InChI=1S/C14H17N3O2/c1-9-6-4-5-7-11(9)10(2)17-8-16-12(13(17)15)14(18)19-3/h4-8,10H,15H2,1-3H3. The average Bonchev–Trinajstić information content (AvgIpc) is 2.79. The van der Waals surface area contributed by atoms with Gasteiger partial charge in [-0.2, -0.15) is 0 Å². The highest BCUT2D eigenvalue weighted by Crippen LogP contribution is 2.25. The Balaban J connectivity index is 2.41. The van der Waals surface area contributed by atoms with Crippen LogP contribution in [-0.2, 0) is 4.74 Å². The van der Waals surface area contributed by atoms with E-state index in [-0.39, 0.29) is 11.7 Å². The molecule has 1 aromatic carbocycles. The summed E-state index contributed by atoms with van der Waals surface area (Å²) in [5, 5.41) is 0. The van der Waals surface area contributed by atoms with Crippen molar-refractivity contribution in [1.82, 2.24) is 9.55 Å². The molecule has 0 aliphatic carbocycles. The van der Waals surface area contributed by atoms with E-state index in [4.69, 9.17) is 5.73 Å². The number of hydrogen-bond acceptors (Lipinski definition) is 4. The lowest BCUT2D eigenvalue weighted by molar-refractivity contribution is 0.0596. The molecule has 0 spiro atoms. The molecule has 0 aliphatic rings. The summed E-state index contributed by atoms with van der Waals surface area (Å²) in [5.41, 5.74) is 8.43. The van der Waals surface area contributed by atoms with E-state index in [1.807, 2.05) is 38.1 Å². The molecule has 0 saturated heterocycles. The average molecular weight is 259 g/mol. The van der Waals surface area contributed by atoms with Crippen LogP contribution in [-0.4, -0.2) is 22.6 Å². The molecular formula is C14H17N3O2. The van der Waals surface area contributed by atoms with Crippen molar-refractivity contribution in [3.8, 4) is 0 Å².